The van der Waals surface area contributed by atoms with Gasteiger partial charge in [-0.2, -0.15) is 0 Å². The van der Waals surface area contributed by atoms with Crippen LogP contribution in [0, 0.1) is 5.82 Å². The molecule has 0 saturated heterocycles. The molecule has 0 fully saturated rings. The lowest BCUT2D eigenvalue weighted by Crippen LogP contribution is -1.90. The fourth-order valence-electron chi connectivity index (χ4n) is 1.51. The Bertz CT molecular complexity index is 554. The van der Waals surface area contributed by atoms with Crippen molar-refractivity contribution in [3.8, 4) is 0 Å². The van der Waals surface area contributed by atoms with Crippen molar-refractivity contribution in [3.63, 3.8) is 0 Å². The van der Waals surface area contributed by atoms with Crippen LogP contribution in [0.4, 0.5) is 4.39 Å². The fourth-order valence-corrected chi connectivity index (χ4v) is 2.62. The van der Waals surface area contributed by atoms with Crippen molar-refractivity contribution in [2.24, 2.45) is 0 Å². The van der Waals surface area contributed by atoms with E-state index in [0.29, 0.717) is 27.5 Å². The normalized spacial score (nSPS) is 10.3. The molecule has 0 amide bonds. The molecule has 2 rings (SSSR count). The molecule has 0 heterocycles. The second-order valence-corrected chi connectivity index (χ2v) is 5.11. The van der Waals surface area contributed by atoms with E-state index in [4.69, 9.17) is 11.6 Å². The lowest BCUT2D eigenvalue weighted by Gasteiger charge is -2.06. The summed E-state index contributed by atoms with van der Waals surface area (Å²) >= 11 is 7.10. The molecule has 0 radical (unpaired) electrons. The molecule has 2 aromatic carbocycles. The fraction of sp³-hybridized carbons (Fsp3) is 0.0714. The SMILES string of the molecule is O=Cc1cccc(F)c1SCc1ccc(Cl)cc1. The predicted octanol–water partition coefficient (Wildman–Crippen LogP) is 4.58. The summed E-state index contributed by atoms with van der Waals surface area (Å²) in [7, 11) is 0. The maximum Gasteiger partial charge on any atom is 0.151 e. The molecule has 0 bridgehead atoms. The largest absolute Gasteiger partial charge is 0.298 e. The van der Waals surface area contributed by atoms with E-state index in [2.05, 4.69) is 0 Å². The first-order valence-corrected chi connectivity index (χ1v) is 6.68. The maximum absolute atomic E-state index is 13.6. The van der Waals surface area contributed by atoms with Gasteiger partial charge < -0.3 is 0 Å². The van der Waals surface area contributed by atoms with Gasteiger partial charge in [0.2, 0.25) is 0 Å². The number of hydrogen-bond donors (Lipinski definition) is 0. The summed E-state index contributed by atoms with van der Waals surface area (Å²) in [6.45, 7) is 0. The van der Waals surface area contributed by atoms with E-state index in [9.17, 15) is 9.18 Å². The average molecular weight is 281 g/mol. The smallest absolute Gasteiger partial charge is 0.151 e. The van der Waals surface area contributed by atoms with Gasteiger partial charge in [-0.05, 0) is 23.8 Å². The Morgan fingerprint density at radius 2 is 1.89 bits per heavy atom. The first kappa shape index (κ1) is 13.1. The molecular formula is C14H10ClFOS. The number of aldehydes is 1. The monoisotopic (exact) mass is 280 g/mol. The molecular weight excluding hydrogens is 271 g/mol. The van der Waals surface area contributed by atoms with Crippen LogP contribution in [0.1, 0.15) is 15.9 Å². The van der Waals surface area contributed by atoms with E-state index in [1.807, 2.05) is 12.1 Å². The van der Waals surface area contributed by atoms with E-state index in [0.717, 1.165) is 5.56 Å². The Hall–Kier alpha value is -1.32. The maximum atomic E-state index is 13.6. The van der Waals surface area contributed by atoms with Gasteiger partial charge in [0.05, 0.1) is 4.90 Å². The van der Waals surface area contributed by atoms with Crippen molar-refractivity contribution in [1.29, 1.82) is 0 Å². The van der Waals surface area contributed by atoms with Crippen LogP contribution in [0.3, 0.4) is 0 Å². The van der Waals surface area contributed by atoms with Crippen molar-refractivity contribution >= 4 is 29.6 Å². The topological polar surface area (TPSA) is 17.1 Å². The van der Waals surface area contributed by atoms with Crippen molar-refractivity contribution < 1.29 is 9.18 Å². The van der Waals surface area contributed by atoms with Crippen LogP contribution in [0.15, 0.2) is 47.4 Å². The van der Waals surface area contributed by atoms with Crippen LogP contribution >= 0.6 is 23.4 Å². The summed E-state index contributed by atoms with van der Waals surface area (Å²) in [5.74, 6) is 0.234. The number of halogens is 2. The predicted molar refractivity (Wildman–Crippen MR) is 72.8 cm³/mol. The minimum atomic E-state index is -0.362. The van der Waals surface area contributed by atoms with Gasteiger partial charge in [-0.15, -0.1) is 11.8 Å². The molecule has 0 aliphatic carbocycles. The summed E-state index contributed by atoms with van der Waals surface area (Å²) in [6.07, 6.45) is 0.674. The third-order valence-electron chi connectivity index (χ3n) is 2.42. The molecule has 0 aliphatic heterocycles. The molecule has 0 aromatic heterocycles. The summed E-state index contributed by atoms with van der Waals surface area (Å²) in [6, 6.07) is 11.9. The van der Waals surface area contributed by atoms with E-state index >= 15 is 0 Å². The van der Waals surface area contributed by atoms with Gasteiger partial charge in [0.25, 0.3) is 0 Å². The Labute approximate surface area is 114 Å². The first-order chi connectivity index (χ1) is 8.70. The second kappa shape index (κ2) is 6.03. The molecule has 0 atom stereocenters. The van der Waals surface area contributed by atoms with Gasteiger partial charge in [0.15, 0.2) is 6.29 Å². The minimum Gasteiger partial charge on any atom is -0.298 e. The Morgan fingerprint density at radius 3 is 2.56 bits per heavy atom. The molecule has 0 saturated carbocycles. The summed E-state index contributed by atoms with van der Waals surface area (Å²) in [5, 5.41) is 0.670. The van der Waals surface area contributed by atoms with E-state index in [1.54, 1.807) is 18.2 Å². The van der Waals surface area contributed by atoms with Crippen LogP contribution in [0.25, 0.3) is 0 Å². The molecule has 92 valence electrons. The third-order valence-corrected chi connectivity index (χ3v) is 3.87. The quantitative estimate of drug-likeness (QED) is 0.602. The minimum absolute atomic E-state index is 0.362. The van der Waals surface area contributed by atoms with Gasteiger partial charge >= 0.3 is 0 Å². The lowest BCUT2D eigenvalue weighted by molar-refractivity contribution is 0.112. The first-order valence-electron chi connectivity index (χ1n) is 5.31. The van der Waals surface area contributed by atoms with E-state index < -0.39 is 0 Å². The Balaban J connectivity index is 2.15. The van der Waals surface area contributed by atoms with Gasteiger partial charge in [0, 0.05) is 16.3 Å². The standard InChI is InChI=1S/C14H10ClFOS/c15-12-6-4-10(5-7-12)9-18-14-11(8-17)2-1-3-13(14)16/h1-8H,9H2. The zero-order chi connectivity index (χ0) is 13.0. The molecule has 0 spiro atoms. The van der Waals surface area contributed by atoms with Crippen molar-refractivity contribution in [3.05, 3.63) is 64.4 Å². The van der Waals surface area contributed by atoms with Crippen molar-refractivity contribution in [1.82, 2.24) is 0 Å². The Morgan fingerprint density at radius 1 is 1.17 bits per heavy atom. The number of hydrogen-bond acceptors (Lipinski definition) is 2. The molecule has 0 unspecified atom stereocenters. The molecule has 0 N–H and O–H groups in total. The highest BCUT2D eigenvalue weighted by molar-refractivity contribution is 7.98. The summed E-state index contributed by atoms with van der Waals surface area (Å²) in [4.78, 5) is 11.2. The van der Waals surface area contributed by atoms with Crippen LogP contribution < -0.4 is 0 Å². The Kier molecular flexibility index (Phi) is 4.39. The van der Waals surface area contributed by atoms with Gasteiger partial charge in [-0.25, -0.2) is 4.39 Å². The van der Waals surface area contributed by atoms with Crippen molar-refractivity contribution in [2.75, 3.05) is 0 Å². The molecule has 1 nitrogen and oxygen atoms in total. The highest BCUT2D eigenvalue weighted by Crippen LogP contribution is 2.28. The molecule has 4 heteroatoms. The molecule has 2 aromatic rings. The van der Waals surface area contributed by atoms with Crippen LogP contribution in [-0.2, 0) is 5.75 Å². The highest BCUT2D eigenvalue weighted by atomic mass is 35.5. The molecule has 18 heavy (non-hydrogen) atoms. The van der Waals surface area contributed by atoms with Crippen LogP contribution in [0.5, 0.6) is 0 Å². The van der Waals surface area contributed by atoms with Crippen molar-refractivity contribution in [2.45, 2.75) is 10.6 Å². The van der Waals surface area contributed by atoms with Gasteiger partial charge in [-0.1, -0.05) is 35.9 Å². The van der Waals surface area contributed by atoms with Crippen LogP contribution in [-0.4, -0.2) is 6.29 Å². The second-order valence-electron chi connectivity index (χ2n) is 3.69. The zero-order valence-corrected chi connectivity index (χ0v) is 11.0. The van der Waals surface area contributed by atoms with E-state index in [-0.39, 0.29) is 5.82 Å². The average Bonchev–Trinajstić information content (AvgIpc) is 2.39. The summed E-state index contributed by atoms with van der Waals surface area (Å²) < 4.78 is 13.6. The van der Waals surface area contributed by atoms with Crippen LogP contribution in [0.2, 0.25) is 5.02 Å². The number of carbonyl (C=O) groups excluding carboxylic acids is 1. The number of benzene rings is 2. The zero-order valence-electron chi connectivity index (χ0n) is 9.40. The van der Waals surface area contributed by atoms with E-state index in [1.165, 1.54) is 23.9 Å². The third kappa shape index (κ3) is 3.12. The molecule has 0 aliphatic rings. The number of thioether (sulfide) groups is 1. The van der Waals surface area contributed by atoms with Gasteiger partial charge in [0.1, 0.15) is 5.82 Å². The number of rotatable bonds is 4. The summed E-state index contributed by atoms with van der Waals surface area (Å²) in [5.41, 5.74) is 1.42. The lowest BCUT2D eigenvalue weighted by atomic mass is 10.2. The highest BCUT2D eigenvalue weighted by Gasteiger charge is 2.08. The van der Waals surface area contributed by atoms with Gasteiger partial charge in [-0.3, -0.25) is 4.79 Å². The number of carbonyl (C=O) groups is 1.